The van der Waals surface area contributed by atoms with Crippen LogP contribution in [0.4, 0.5) is 0 Å². The van der Waals surface area contributed by atoms with Gasteiger partial charge in [-0.05, 0) is 37.5 Å². The highest BCUT2D eigenvalue weighted by molar-refractivity contribution is 6.30. The summed E-state index contributed by atoms with van der Waals surface area (Å²) in [5, 5.41) is 4.38. The lowest BCUT2D eigenvalue weighted by Gasteiger charge is -2.26. The Morgan fingerprint density at radius 2 is 2.25 bits per heavy atom. The van der Waals surface area contributed by atoms with Crippen LogP contribution in [0.1, 0.15) is 31.7 Å². The molecule has 2 unspecified atom stereocenters. The molecule has 0 radical (unpaired) electrons. The van der Waals surface area contributed by atoms with Crippen LogP contribution in [-0.4, -0.2) is 12.1 Å². The molecule has 0 aliphatic carbocycles. The van der Waals surface area contributed by atoms with Gasteiger partial charge >= 0.3 is 0 Å². The number of hydrogen-bond acceptors (Lipinski definition) is 1. The molecule has 0 amide bonds. The second kappa shape index (κ2) is 5.51. The Bertz CT molecular complexity index is 373. The van der Waals surface area contributed by atoms with Crippen molar-refractivity contribution in [3.05, 3.63) is 40.9 Å². The van der Waals surface area contributed by atoms with E-state index in [0.29, 0.717) is 12.1 Å². The molecule has 1 nitrogen and oxygen atoms in total. The average Bonchev–Trinajstić information content (AvgIpc) is 2.27. The third-order valence-electron chi connectivity index (χ3n) is 3.02. The Morgan fingerprint density at radius 1 is 1.38 bits per heavy atom. The molecule has 1 aromatic carbocycles. The number of rotatable bonds is 2. The van der Waals surface area contributed by atoms with Crippen molar-refractivity contribution in [1.29, 1.82) is 0 Å². The first-order chi connectivity index (χ1) is 7.74. The first-order valence-electron chi connectivity index (χ1n) is 5.94. The minimum Gasteiger partial charge on any atom is -0.308 e. The maximum Gasteiger partial charge on any atom is 0.0411 e. The van der Waals surface area contributed by atoms with Crippen molar-refractivity contribution >= 4 is 17.7 Å². The lowest BCUT2D eigenvalue weighted by Crippen LogP contribution is -2.39. The van der Waals surface area contributed by atoms with E-state index >= 15 is 0 Å². The van der Waals surface area contributed by atoms with Crippen molar-refractivity contribution in [2.75, 3.05) is 0 Å². The highest BCUT2D eigenvalue weighted by Crippen LogP contribution is 2.16. The van der Waals surface area contributed by atoms with Crippen LogP contribution in [0.15, 0.2) is 30.3 Å². The lowest BCUT2D eigenvalue weighted by molar-refractivity contribution is 0.375. The van der Waals surface area contributed by atoms with Gasteiger partial charge in [0.25, 0.3) is 0 Å². The predicted octanol–water partition coefficient (Wildman–Crippen LogP) is 3.88. The van der Waals surface area contributed by atoms with Gasteiger partial charge < -0.3 is 5.32 Å². The van der Waals surface area contributed by atoms with Crippen LogP contribution in [0.25, 0.3) is 6.08 Å². The number of piperidine rings is 1. The third-order valence-corrected chi connectivity index (χ3v) is 3.26. The number of halogens is 1. The van der Waals surface area contributed by atoms with Gasteiger partial charge in [0, 0.05) is 17.1 Å². The van der Waals surface area contributed by atoms with E-state index in [2.05, 4.69) is 30.5 Å². The molecule has 0 aromatic heterocycles. The smallest absolute Gasteiger partial charge is 0.0411 e. The van der Waals surface area contributed by atoms with Crippen molar-refractivity contribution in [3.8, 4) is 0 Å². The second-order valence-corrected chi connectivity index (χ2v) is 4.96. The number of hydrogen-bond donors (Lipinski definition) is 1. The number of nitrogens with one attached hydrogen (secondary N) is 1. The monoisotopic (exact) mass is 235 g/mol. The number of benzene rings is 1. The predicted molar refractivity (Wildman–Crippen MR) is 70.7 cm³/mol. The SMILES string of the molecule is CC1CCCC(/C=C/c2cccc(Cl)c2)N1. The van der Waals surface area contributed by atoms with Gasteiger partial charge in [0.05, 0.1) is 0 Å². The van der Waals surface area contributed by atoms with Crippen LogP contribution < -0.4 is 5.32 Å². The zero-order valence-electron chi connectivity index (χ0n) is 9.62. The van der Waals surface area contributed by atoms with Crippen LogP contribution in [0, 0.1) is 0 Å². The molecule has 0 saturated carbocycles. The molecule has 1 heterocycles. The van der Waals surface area contributed by atoms with Crippen molar-refractivity contribution in [2.45, 2.75) is 38.3 Å². The Labute approximate surface area is 103 Å². The van der Waals surface area contributed by atoms with Gasteiger partial charge in [-0.2, -0.15) is 0 Å². The fraction of sp³-hybridized carbons (Fsp3) is 0.429. The molecule has 0 bridgehead atoms. The van der Waals surface area contributed by atoms with Crippen LogP contribution in [-0.2, 0) is 0 Å². The molecular formula is C14H18ClN. The summed E-state index contributed by atoms with van der Waals surface area (Å²) in [4.78, 5) is 0. The molecule has 2 atom stereocenters. The molecule has 16 heavy (non-hydrogen) atoms. The minimum absolute atomic E-state index is 0.516. The van der Waals surface area contributed by atoms with Gasteiger partial charge in [-0.1, -0.05) is 42.3 Å². The average molecular weight is 236 g/mol. The largest absolute Gasteiger partial charge is 0.308 e. The van der Waals surface area contributed by atoms with Gasteiger partial charge in [-0.25, -0.2) is 0 Å². The molecule has 0 spiro atoms. The first-order valence-corrected chi connectivity index (χ1v) is 6.31. The van der Waals surface area contributed by atoms with Crippen molar-refractivity contribution < 1.29 is 0 Å². The van der Waals surface area contributed by atoms with Gasteiger partial charge in [-0.3, -0.25) is 0 Å². The van der Waals surface area contributed by atoms with Gasteiger partial charge in [0.15, 0.2) is 0 Å². The molecule has 1 saturated heterocycles. The molecule has 1 fully saturated rings. The van der Waals surface area contributed by atoms with E-state index < -0.39 is 0 Å². The fourth-order valence-corrected chi connectivity index (χ4v) is 2.36. The lowest BCUT2D eigenvalue weighted by atomic mass is 9.99. The van der Waals surface area contributed by atoms with Crippen LogP contribution in [0.5, 0.6) is 0 Å². The summed E-state index contributed by atoms with van der Waals surface area (Å²) in [6.07, 6.45) is 8.25. The van der Waals surface area contributed by atoms with E-state index in [1.807, 2.05) is 18.2 Å². The van der Waals surface area contributed by atoms with E-state index in [1.54, 1.807) is 0 Å². The Morgan fingerprint density at radius 3 is 3.00 bits per heavy atom. The topological polar surface area (TPSA) is 12.0 Å². The molecule has 2 heteroatoms. The molecule has 1 aliphatic heterocycles. The summed E-state index contributed by atoms with van der Waals surface area (Å²) in [7, 11) is 0. The highest BCUT2D eigenvalue weighted by Gasteiger charge is 2.14. The van der Waals surface area contributed by atoms with E-state index in [-0.39, 0.29) is 0 Å². The molecule has 2 rings (SSSR count). The van der Waals surface area contributed by atoms with Crippen molar-refractivity contribution in [2.24, 2.45) is 0 Å². The summed E-state index contributed by atoms with van der Waals surface area (Å²) in [5.41, 5.74) is 1.17. The molecular weight excluding hydrogens is 218 g/mol. The standard InChI is InChI=1S/C14H18ClN/c1-11-4-2-7-14(16-11)9-8-12-5-3-6-13(15)10-12/h3,5-6,8-11,14,16H,2,4,7H2,1H3/b9-8+. The summed E-state index contributed by atoms with van der Waals surface area (Å²) in [6.45, 7) is 2.25. The zero-order chi connectivity index (χ0) is 11.4. The van der Waals surface area contributed by atoms with Crippen molar-refractivity contribution in [3.63, 3.8) is 0 Å². The first kappa shape index (κ1) is 11.7. The summed E-state index contributed by atoms with van der Waals surface area (Å²) >= 11 is 5.94. The van der Waals surface area contributed by atoms with E-state index in [0.717, 1.165) is 5.02 Å². The van der Waals surface area contributed by atoms with Crippen LogP contribution in [0.2, 0.25) is 5.02 Å². The van der Waals surface area contributed by atoms with Crippen molar-refractivity contribution in [1.82, 2.24) is 5.32 Å². The summed E-state index contributed by atoms with van der Waals surface area (Å²) < 4.78 is 0. The minimum atomic E-state index is 0.516. The zero-order valence-corrected chi connectivity index (χ0v) is 10.4. The molecule has 1 N–H and O–H groups in total. The normalized spacial score (nSPS) is 26.1. The van der Waals surface area contributed by atoms with Crippen LogP contribution in [0.3, 0.4) is 0 Å². The molecule has 86 valence electrons. The summed E-state index contributed by atoms with van der Waals surface area (Å²) in [5.74, 6) is 0. The maximum absolute atomic E-state index is 5.94. The van der Waals surface area contributed by atoms with Gasteiger partial charge in [-0.15, -0.1) is 0 Å². The molecule has 1 aromatic rings. The van der Waals surface area contributed by atoms with E-state index in [1.165, 1.54) is 24.8 Å². The fourth-order valence-electron chi connectivity index (χ4n) is 2.17. The van der Waals surface area contributed by atoms with E-state index in [9.17, 15) is 0 Å². The van der Waals surface area contributed by atoms with Gasteiger partial charge in [0.1, 0.15) is 0 Å². The van der Waals surface area contributed by atoms with E-state index in [4.69, 9.17) is 11.6 Å². The highest BCUT2D eigenvalue weighted by atomic mass is 35.5. The molecule has 1 aliphatic rings. The Balaban J connectivity index is 1.98. The Kier molecular flexibility index (Phi) is 4.03. The third kappa shape index (κ3) is 3.36. The maximum atomic E-state index is 5.94. The quantitative estimate of drug-likeness (QED) is 0.820. The van der Waals surface area contributed by atoms with Gasteiger partial charge in [0.2, 0.25) is 0 Å². The van der Waals surface area contributed by atoms with Crippen LogP contribution >= 0.6 is 11.6 Å². The second-order valence-electron chi connectivity index (χ2n) is 4.52. The Hall–Kier alpha value is -0.790. The summed E-state index contributed by atoms with van der Waals surface area (Å²) in [6, 6.07) is 9.11.